The molecule has 18 heteroatoms. The van der Waals surface area contributed by atoms with Crippen LogP contribution in [0.25, 0.3) is 65.2 Å². The first kappa shape index (κ1) is 51.7. The van der Waals surface area contributed by atoms with E-state index in [1.807, 2.05) is 140 Å². The standard InChI is InChI=1S/C34H25ClN4O4.C33H23ClN4O4/c1-38-33(41)23-7-4-6-22-31-21(16-35)17-39(28(31)15-30(43-38)32(22)23)34(42)27-14-20-11-18(9-10-25(20)37-27)12-29(40)26-13-19-5-2-3-8-24(19)36-26;34-15-20-16-38(27-14-29-31-21(30(20)27)5-3-6-22(31)32(40)37-42-29)33(41)26-13-19-10-17(8-9-24(19)36-26)11-28(39)25-12-18-4-1-2-7-23(18)35-25/h2-11,13-15,21,36-37H,12,16-17H2,1H3;1-10,12-14,20,35-36H,11,15-16H2,(H,37,40)/t21-;20-/m11/s1. The molecule has 85 heavy (non-hydrogen) atoms. The molecule has 0 radical (unpaired) electrons. The summed E-state index contributed by atoms with van der Waals surface area (Å²) in [4.78, 5) is 107. The van der Waals surface area contributed by atoms with Gasteiger partial charge in [0.25, 0.3) is 23.6 Å². The molecule has 0 saturated carbocycles. The molecule has 8 aromatic carbocycles. The molecule has 0 saturated heterocycles. The molecule has 0 bridgehead atoms. The van der Waals surface area contributed by atoms with Gasteiger partial charge in [-0.05, 0) is 106 Å². The number of H-pyrrole nitrogens is 4. The summed E-state index contributed by atoms with van der Waals surface area (Å²) in [5, 5.41) is 8.10. The Labute approximate surface area is 493 Å². The van der Waals surface area contributed by atoms with Crippen LogP contribution in [0, 0.1) is 0 Å². The Morgan fingerprint density at radius 1 is 0.506 bits per heavy atom. The summed E-state index contributed by atoms with van der Waals surface area (Å²) in [6, 6.07) is 49.3. The number of aromatic nitrogens is 4. The van der Waals surface area contributed by atoms with Crippen molar-refractivity contribution >= 4 is 135 Å². The summed E-state index contributed by atoms with van der Waals surface area (Å²) >= 11 is 12.9. The van der Waals surface area contributed by atoms with Gasteiger partial charge >= 0.3 is 0 Å². The number of nitrogens with zero attached hydrogens (tertiary/aromatic N) is 3. The second-order valence-corrected chi connectivity index (χ2v) is 22.6. The van der Waals surface area contributed by atoms with Gasteiger partial charge in [-0.1, -0.05) is 72.8 Å². The Bertz CT molecular complexity index is 4840. The molecule has 5 N–H and O–H groups in total. The molecule has 0 unspecified atom stereocenters. The normalized spacial score (nSPS) is 15.8. The van der Waals surface area contributed by atoms with Gasteiger partial charge < -0.3 is 39.4 Å². The number of rotatable bonds is 10. The molecule has 4 amide bonds. The number of fused-ring (bicyclic) bond motifs is 8. The maximum Gasteiger partial charge on any atom is 0.286 e. The van der Waals surface area contributed by atoms with Crippen molar-refractivity contribution in [1.29, 1.82) is 0 Å². The highest BCUT2D eigenvalue weighted by molar-refractivity contribution is 6.22. The van der Waals surface area contributed by atoms with Gasteiger partial charge in [-0.25, -0.2) is 0 Å². The van der Waals surface area contributed by atoms with Crippen LogP contribution in [0.5, 0.6) is 11.5 Å². The third kappa shape index (κ3) is 8.57. The number of carbonyl (C=O) groups is 6. The van der Waals surface area contributed by atoms with Crippen molar-refractivity contribution in [3.8, 4) is 11.5 Å². The molecule has 0 spiro atoms. The number of Topliss-reactive ketones (excluding diaryl/α,β-unsaturated/α-hetero) is 2. The Hall–Kier alpha value is -10.2. The fourth-order valence-corrected chi connectivity index (χ4v) is 13.3. The summed E-state index contributed by atoms with van der Waals surface area (Å²) in [5.41, 5.74) is 14.1. The Kier molecular flexibility index (Phi) is 12.2. The van der Waals surface area contributed by atoms with Crippen molar-refractivity contribution in [2.24, 2.45) is 0 Å². The lowest BCUT2D eigenvalue weighted by Crippen LogP contribution is -2.33. The number of ketones is 2. The maximum absolute atomic E-state index is 14.0. The minimum absolute atomic E-state index is 0.00270. The molecule has 16 rings (SSSR count). The van der Waals surface area contributed by atoms with E-state index in [1.165, 1.54) is 5.06 Å². The first-order valence-electron chi connectivity index (χ1n) is 27.7. The number of para-hydroxylation sites is 2. The second-order valence-electron chi connectivity index (χ2n) is 22.0. The monoisotopic (exact) mass is 1160 g/mol. The third-order valence-electron chi connectivity index (χ3n) is 16.8. The number of anilines is 2. The number of alkyl halides is 2. The van der Waals surface area contributed by atoms with Gasteiger partial charge in [-0.15, -0.1) is 23.2 Å². The maximum atomic E-state index is 14.0. The summed E-state index contributed by atoms with van der Waals surface area (Å²) in [6.45, 7) is 0.811. The summed E-state index contributed by atoms with van der Waals surface area (Å²) in [5.74, 6) is 0.545. The van der Waals surface area contributed by atoms with E-state index in [1.54, 1.807) is 35.0 Å². The smallest absolute Gasteiger partial charge is 0.286 e. The molecule has 4 aliphatic rings. The van der Waals surface area contributed by atoms with Crippen LogP contribution in [0.3, 0.4) is 0 Å². The first-order valence-corrected chi connectivity index (χ1v) is 28.8. The van der Waals surface area contributed by atoms with Crippen molar-refractivity contribution in [3.05, 3.63) is 214 Å². The molecule has 4 aliphatic heterocycles. The van der Waals surface area contributed by atoms with E-state index in [0.717, 1.165) is 93.1 Å². The summed E-state index contributed by atoms with van der Waals surface area (Å²) in [6.07, 6.45) is 0.478. The molecule has 0 aliphatic carbocycles. The Balaban J connectivity index is 0.000000144. The quantitative estimate of drug-likeness (QED) is 0.0656. The van der Waals surface area contributed by atoms with Gasteiger partial charge in [-0.3, -0.25) is 28.8 Å². The minimum atomic E-state index is -0.304. The van der Waals surface area contributed by atoms with Gasteiger partial charge in [0, 0.05) is 123 Å². The zero-order valence-electron chi connectivity index (χ0n) is 45.3. The SMILES string of the molecule is CN1Oc2cc3c(c4cccc(c24)C1=O)[C@H](CCl)CN3C(=O)c1cc2cc(CC(=O)c3cc4ccccc4[nH]3)ccc2[nH]1.O=C(Cc1ccc2[nH]c(C(=O)N3C[C@@H](CCl)c4c3cc3c5c(cccc45)C(=O)NO3)cc2c1)c1cc2ccccc2[nH]1. The van der Waals surface area contributed by atoms with Gasteiger partial charge in [-0.2, -0.15) is 10.5 Å². The number of carbonyl (C=O) groups excluding carboxylic acids is 6. The zero-order chi connectivity index (χ0) is 57.9. The minimum Gasteiger partial charge on any atom is -0.378 e. The van der Waals surface area contributed by atoms with Crippen molar-refractivity contribution < 1.29 is 38.4 Å². The molecule has 418 valence electrons. The summed E-state index contributed by atoms with van der Waals surface area (Å²) in [7, 11) is 1.58. The number of hydroxylamine groups is 3. The van der Waals surface area contributed by atoms with Crippen LogP contribution in [-0.2, 0) is 12.8 Å². The van der Waals surface area contributed by atoms with Gasteiger partial charge in [0.05, 0.1) is 33.9 Å². The van der Waals surface area contributed by atoms with Crippen LogP contribution in [0.2, 0.25) is 0 Å². The zero-order valence-corrected chi connectivity index (χ0v) is 46.8. The van der Waals surface area contributed by atoms with Crippen molar-refractivity contribution in [1.82, 2.24) is 30.5 Å². The topological polar surface area (TPSA) is 206 Å². The molecule has 2 atom stereocenters. The number of amides is 4. The van der Waals surface area contributed by atoms with E-state index in [4.69, 9.17) is 32.9 Å². The van der Waals surface area contributed by atoms with Gasteiger partial charge in [0.2, 0.25) is 0 Å². The van der Waals surface area contributed by atoms with Crippen molar-refractivity contribution in [2.75, 3.05) is 41.7 Å². The number of benzene rings is 8. The Morgan fingerprint density at radius 3 is 1.48 bits per heavy atom. The van der Waals surface area contributed by atoms with Crippen LogP contribution in [0.4, 0.5) is 11.4 Å². The highest BCUT2D eigenvalue weighted by Crippen LogP contribution is 2.50. The van der Waals surface area contributed by atoms with Gasteiger partial charge in [0.1, 0.15) is 11.4 Å². The third-order valence-corrected chi connectivity index (χ3v) is 17.6. The lowest BCUT2D eigenvalue weighted by molar-refractivity contribution is -0.0156. The average molecular weight is 1160 g/mol. The predicted molar refractivity (Wildman–Crippen MR) is 328 cm³/mol. The lowest BCUT2D eigenvalue weighted by Gasteiger charge is -2.27. The van der Waals surface area contributed by atoms with Crippen LogP contribution < -0.4 is 25.0 Å². The molecular weight excluding hydrogens is 1120 g/mol. The highest BCUT2D eigenvalue weighted by atomic mass is 35.5. The van der Waals surface area contributed by atoms with Gasteiger partial charge in [0.15, 0.2) is 23.1 Å². The van der Waals surface area contributed by atoms with Crippen LogP contribution >= 0.6 is 23.2 Å². The van der Waals surface area contributed by atoms with Crippen molar-refractivity contribution in [3.63, 3.8) is 0 Å². The number of aromatic amines is 4. The van der Waals surface area contributed by atoms with Crippen molar-refractivity contribution in [2.45, 2.75) is 24.7 Å². The van der Waals surface area contributed by atoms with Crippen LogP contribution in [0.1, 0.15) is 96.8 Å². The molecule has 16 nitrogen and oxygen atoms in total. The van der Waals surface area contributed by atoms with E-state index in [0.29, 0.717) is 75.9 Å². The highest BCUT2D eigenvalue weighted by Gasteiger charge is 2.40. The molecular formula is C67H48Cl2N8O8. The number of hydrogen-bond acceptors (Lipinski definition) is 8. The summed E-state index contributed by atoms with van der Waals surface area (Å²) < 4.78 is 0. The first-order chi connectivity index (χ1) is 41.4. The molecule has 4 aromatic heterocycles. The van der Waals surface area contributed by atoms with Crippen LogP contribution in [0.15, 0.2) is 158 Å². The average Bonchev–Trinajstić information content (AvgIpc) is 1.77. The number of nitrogens with one attached hydrogen (secondary N) is 5. The Morgan fingerprint density at radius 2 is 0.965 bits per heavy atom. The second kappa shape index (κ2) is 20.0. The van der Waals surface area contributed by atoms with Crippen LogP contribution in [-0.4, -0.2) is 92.1 Å². The van der Waals surface area contributed by atoms with E-state index < -0.39 is 0 Å². The lowest BCUT2D eigenvalue weighted by atomic mass is 9.92. The number of hydrogen-bond donors (Lipinski definition) is 5. The molecule has 0 fully saturated rings. The van der Waals surface area contributed by atoms with E-state index in [-0.39, 0.29) is 59.9 Å². The number of halogens is 2. The molecule has 12 aromatic rings. The fraction of sp³-hybridized carbons (Fsp3) is 0.134. The molecule has 8 heterocycles. The van der Waals surface area contributed by atoms with E-state index in [2.05, 4.69) is 25.4 Å². The largest absolute Gasteiger partial charge is 0.378 e. The van der Waals surface area contributed by atoms with E-state index in [9.17, 15) is 28.8 Å². The predicted octanol–water partition coefficient (Wildman–Crippen LogP) is 12.8. The fourth-order valence-electron chi connectivity index (χ4n) is 12.8. The van der Waals surface area contributed by atoms with E-state index >= 15 is 0 Å².